The van der Waals surface area contributed by atoms with Crippen LogP contribution in [0.4, 0.5) is 17.6 Å². The van der Waals surface area contributed by atoms with Crippen LogP contribution in [0.1, 0.15) is 45.8 Å². The van der Waals surface area contributed by atoms with E-state index in [0.29, 0.717) is 16.8 Å². The zero-order chi connectivity index (χ0) is 23.8. The molecule has 0 fully saturated rings. The highest BCUT2D eigenvalue weighted by Gasteiger charge is 2.37. The fourth-order valence-corrected chi connectivity index (χ4v) is 4.16. The Bertz CT molecular complexity index is 1240. The minimum Gasteiger partial charge on any atom is -0.493 e. The highest BCUT2D eigenvalue weighted by molar-refractivity contribution is 6.32. The first kappa shape index (κ1) is 22.8. The quantitative estimate of drug-likeness (QED) is 0.453. The third-order valence-electron chi connectivity index (χ3n) is 5.47. The van der Waals surface area contributed by atoms with E-state index in [1.54, 1.807) is 12.0 Å². The Morgan fingerprint density at radius 2 is 1.94 bits per heavy atom. The van der Waals surface area contributed by atoms with Crippen molar-refractivity contribution in [1.29, 1.82) is 0 Å². The summed E-state index contributed by atoms with van der Waals surface area (Å²) in [6.07, 6.45) is 0.398. The average Bonchev–Trinajstić information content (AvgIpc) is 2.78. The van der Waals surface area contributed by atoms with Gasteiger partial charge in [0.1, 0.15) is 17.5 Å². The number of allylic oxidation sites excluding steroid dienone is 4. The van der Waals surface area contributed by atoms with Gasteiger partial charge in [-0.05, 0) is 42.3 Å². The molecular weight excluding hydrogens is 462 g/mol. The van der Waals surface area contributed by atoms with Gasteiger partial charge in [0.25, 0.3) is 5.91 Å². The third kappa shape index (κ3) is 4.72. The van der Waals surface area contributed by atoms with Crippen LogP contribution in [0, 0.1) is 5.82 Å². The molecule has 4 nitrogen and oxygen atoms in total. The lowest BCUT2D eigenvalue weighted by molar-refractivity contribution is -0.137. The van der Waals surface area contributed by atoms with Gasteiger partial charge < -0.3 is 10.1 Å². The molecule has 2 aliphatic rings. The molecule has 1 aliphatic carbocycles. The smallest absolute Gasteiger partial charge is 0.417 e. The highest BCUT2D eigenvalue weighted by Crippen LogP contribution is 2.43. The molecule has 2 aromatic rings. The Balaban J connectivity index is 1.79. The molecule has 0 spiro atoms. The van der Waals surface area contributed by atoms with Gasteiger partial charge in [0.05, 0.1) is 17.2 Å². The predicted octanol–water partition coefficient (Wildman–Crippen LogP) is 5.74. The number of alkyl halides is 3. The monoisotopic (exact) mass is 477 g/mol. The molecule has 0 aromatic heterocycles. The van der Waals surface area contributed by atoms with Crippen molar-refractivity contribution in [2.24, 2.45) is 0 Å². The standard InChI is InChI=1S/C24H16ClF4NO3/c25-21-11-19(23(32)30-15-4-1-13(12-31)2-5-15)18(10-20(21)24(27,28)29)16-7-8-33-22-9-14(26)3-6-17(16)22/h1,3-6,9-11,16H,2,7-8H2,(H,30,32). The van der Waals surface area contributed by atoms with Crippen LogP contribution < -0.4 is 10.1 Å². The van der Waals surface area contributed by atoms with Gasteiger partial charge >= 0.3 is 6.18 Å². The highest BCUT2D eigenvalue weighted by atomic mass is 35.5. The number of amides is 1. The van der Waals surface area contributed by atoms with E-state index in [1.807, 2.05) is 0 Å². The number of hydrogen-bond acceptors (Lipinski definition) is 3. The van der Waals surface area contributed by atoms with Gasteiger partial charge in [-0.1, -0.05) is 23.7 Å². The third-order valence-corrected chi connectivity index (χ3v) is 5.79. The topological polar surface area (TPSA) is 55.4 Å². The molecule has 1 unspecified atom stereocenters. The van der Waals surface area contributed by atoms with E-state index < -0.39 is 34.4 Å². The molecule has 9 heteroatoms. The first-order valence-corrected chi connectivity index (χ1v) is 10.3. The molecule has 1 heterocycles. The number of rotatable bonds is 3. The van der Waals surface area contributed by atoms with Crippen LogP contribution in [-0.2, 0) is 11.0 Å². The molecule has 0 saturated carbocycles. The molecule has 170 valence electrons. The predicted molar refractivity (Wildman–Crippen MR) is 113 cm³/mol. The number of hydrogen-bond donors (Lipinski definition) is 1. The van der Waals surface area contributed by atoms with Gasteiger partial charge in [-0.2, -0.15) is 13.2 Å². The molecule has 1 N–H and O–H groups in total. The Hall–Kier alpha value is -3.35. The van der Waals surface area contributed by atoms with E-state index in [9.17, 15) is 27.2 Å². The lowest BCUT2D eigenvalue weighted by Crippen LogP contribution is -2.26. The van der Waals surface area contributed by atoms with Crippen LogP contribution in [0.25, 0.3) is 0 Å². The van der Waals surface area contributed by atoms with Gasteiger partial charge in [-0.15, -0.1) is 0 Å². The number of fused-ring (bicyclic) bond motifs is 1. The van der Waals surface area contributed by atoms with Crippen LogP contribution in [0.5, 0.6) is 5.75 Å². The number of carbonyl (C=O) groups excluding carboxylic acids is 2. The van der Waals surface area contributed by atoms with E-state index in [1.165, 1.54) is 24.3 Å². The molecule has 2 aromatic carbocycles. The molecular formula is C24H16ClF4NO3. The molecule has 1 aliphatic heterocycles. The number of benzene rings is 2. The van der Waals surface area contributed by atoms with Crippen molar-refractivity contribution in [3.63, 3.8) is 0 Å². The van der Waals surface area contributed by atoms with Gasteiger partial charge in [0.2, 0.25) is 0 Å². The zero-order valence-corrected chi connectivity index (χ0v) is 17.7. The van der Waals surface area contributed by atoms with E-state index in [0.717, 1.165) is 18.2 Å². The van der Waals surface area contributed by atoms with Crippen LogP contribution in [0.3, 0.4) is 0 Å². The maximum atomic E-state index is 13.7. The first-order chi connectivity index (χ1) is 15.7. The fourth-order valence-electron chi connectivity index (χ4n) is 3.89. The summed E-state index contributed by atoms with van der Waals surface area (Å²) in [4.78, 5) is 23.8. The van der Waals surface area contributed by atoms with Crippen molar-refractivity contribution >= 4 is 23.4 Å². The summed E-state index contributed by atoms with van der Waals surface area (Å²) < 4.78 is 60.0. The van der Waals surface area contributed by atoms with Gasteiger partial charge in [0.15, 0.2) is 0 Å². The summed E-state index contributed by atoms with van der Waals surface area (Å²) >= 11 is 5.92. The minimum atomic E-state index is -4.73. The molecule has 1 atom stereocenters. The largest absolute Gasteiger partial charge is 0.493 e. The van der Waals surface area contributed by atoms with Crippen molar-refractivity contribution in [3.05, 3.63) is 92.9 Å². The summed E-state index contributed by atoms with van der Waals surface area (Å²) in [5, 5.41) is 2.03. The molecule has 0 radical (unpaired) electrons. The number of halogens is 5. The second-order valence-electron chi connectivity index (χ2n) is 7.57. The Morgan fingerprint density at radius 3 is 2.61 bits per heavy atom. The van der Waals surface area contributed by atoms with Crippen molar-refractivity contribution in [2.75, 3.05) is 6.61 Å². The number of ether oxygens (including phenoxy) is 1. The van der Waals surface area contributed by atoms with Crippen LogP contribution in [0.2, 0.25) is 5.02 Å². The van der Waals surface area contributed by atoms with Crippen molar-refractivity contribution in [2.45, 2.75) is 24.9 Å². The second kappa shape index (κ2) is 8.89. The van der Waals surface area contributed by atoms with Crippen LogP contribution in [0.15, 0.2) is 59.8 Å². The summed E-state index contributed by atoms with van der Waals surface area (Å²) in [6, 6.07) is 5.67. The molecule has 4 rings (SSSR count). The van der Waals surface area contributed by atoms with Gasteiger partial charge in [-0.25, -0.2) is 9.18 Å². The van der Waals surface area contributed by atoms with Gasteiger partial charge in [0, 0.05) is 40.8 Å². The number of carbonyl (C=O) groups is 1. The maximum absolute atomic E-state index is 13.7. The van der Waals surface area contributed by atoms with E-state index in [2.05, 4.69) is 5.32 Å². The van der Waals surface area contributed by atoms with Crippen LogP contribution in [-0.4, -0.2) is 18.5 Å². The fraction of sp³-hybridized carbons (Fsp3) is 0.208. The lowest BCUT2D eigenvalue weighted by Gasteiger charge is -2.28. The molecule has 1 amide bonds. The van der Waals surface area contributed by atoms with E-state index >= 15 is 0 Å². The lowest BCUT2D eigenvalue weighted by atomic mass is 9.83. The second-order valence-corrected chi connectivity index (χ2v) is 7.97. The summed E-state index contributed by atoms with van der Waals surface area (Å²) in [7, 11) is 0. The Labute approximate surface area is 191 Å². The first-order valence-electron chi connectivity index (χ1n) is 9.94. The van der Waals surface area contributed by atoms with Crippen molar-refractivity contribution in [3.8, 4) is 5.75 Å². The molecule has 33 heavy (non-hydrogen) atoms. The summed E-state index contributed by atoms with van der Waals surface area (Å²) in [5.41, 5.74) is 0.260. The molecule has 0 bridgehead atoms. The minimum absolute atomic E-state index is 0.0406. The van der Waals surface area contributed by atoms with Crippen LogP contribution >= 0.6 is 11.6 Å². The van der Waals surface area contributed by atoms with E-state index in [4.69, 9.17) is 16.3 Å². The SMILES string of the molecule is O=C=C1C=CC(NC(=O)c2cc(Cl)c(C(F)(F)F)cc2C2CCOc3cc(F)ccc32)=CC1. The Kier molecular flexibility index (Phi) is 6.15. The van der Waals surface area contributed by atoms with Gasteiger partial charge in [-0.3, -0.25) is 4.79 Å². The summed E-state index contributed by atoms with van der Waals surface area (Å²) in [5.74, 6) is 0.129. The van der Waals surface area contributed by atoms with E-state index in [-0.39, 0.29) is 36.3 Å². The summed E-state index contributed by atoms with van der Waals surface area (Å²) in [6.45, 7) is 0.140. The Morgan fingerprint density at radius 1 is 1.15 bits per heavy atom. The van der Waals surface area contributed by atoms with Crippen molar-refractivity contribution in [1.82, 2.24) is 5.32 Å². The number of nitrogens with one attached hydrogen (secondary N) is 1. The normalized spacial score (nSPS) is 17.5. The van der Waals surface area contributed by atoms with Crippen molar-refractivity contribution < 1.29 is 31.9 Å². The maximum Gasteiger partial charge on any atom is 0.417 e. The molecule has 0 saturated heterocycles. The zero-order valence-electron chi connectivity index (χ0n) is 16.9. The average molecular weight is 478 g/mol.